The Hall–Kier alpha value is -2.89. The van der Waals surface area contributed by atoms with Gasteiger partial charge < -0.3 is 5.32 Å². The maximum atomic E-state index is 12.5. The van der Waals surface area contributed by atoms with Crippen LogP contribution in [0.4, 0.5) is 5.69 Å². The molecule has 0 atom stereocenters. The lowest BCUT2D eigenvalue weighted by atomic mass is 9.98. The molecule has 1 N–H and O–H groups in total. The average Bonchev–Trinajstić information content (AvgIpc) is 2.82. The van der Waals surface area contributed by atoms with Gasteiger partial charge in [0.15, 0.2) is 9.84 Å². The summed E-state index contributed by atoms with van der Waals surface area (Å²) in [6, 6.07) is 17.3. The number of nitriles is 1. The molecule has 0 bridgehead atoms. The van der Waals surface area contributed by atoms with Crippen molar-refractivity contribution in [3.63, 3.8) is 0 Å². The fourth-order valence-electron chi connectivity index (χ4n) is 3.83. The SMILES string of the molecule is CCN(CC)Cc1ccc(-c2c(Cl)cc(NC(=O)Cc3ccc(S(C)(=O)=O)cc3)cc2Cl)cc1C#N. The lowest BCUT2D eigenvalue weighted by molar-refractivity contribution is -0.115. The molecule has 9 heteroatoms. The third-order valence-electron chi connectivity index (χ3n) is 5.85. The molecule has 0 saturated carbocycles. The first-order valence-electron chi connectivity index (χ1n) is 11.4. The number of halogens is 2. The molecule has 0 aliphatic rings. The minimum atomic E-state index is -3.30. The van der Waals surface area contributed by atoms with Gasteiger partial charge >= 0.3 is 0 Å². The van der Waals surface area contributed by atoms with Gasteiger partial charge in [-0.2, -0.15) is 5.26 Å². The summed E-state index contributed by atoms with van der Waals surface area (Å²) in [5, 5.41) is 13.2. The molecule has 1 amide bonds. The molecule has 0 aliphatic carbocycles. The molecule has 3 aromatic rings. The van der Waals surface area contributed by atoms with Crippen LogP contribution in [0, 0.1) is 11.3 Å². The lowest BCUT2D eigenvalue weighted by Crippen LogP contribution is -2.22. The minimum Gasteiger partial charge on any atom is -0.326 e. The van der Waals surface area contributed by atoms with Crippen molar-refractivity contribution in [2.75, 3.05) is 24.7 Å². The van der Waals surface area contributed by atoms with Crippen molar-refractivity contribution < 1.29 is 13.2 Å². The summed E-state index contributed by atoms with van der Waals surface area (Å²) in [4.78, 5) is 15.0. The highest BCUT2D eigenvalue weighted by Gasteiger charge is 2.15. The van der Waals surface area contributed by atoms with Gasteiger partial charge in [0, 0.05) is 24.1 Å². The van der Waals surface area contributed by atoms with E-state index in [1.165, 1.54) is 12.1 Å². The van der Waals surface area contributed by atoms with E-state index >= 15 is 0 Å². The maximum Gasteiger partial charge on any atom is 0.228 e. The molecule has 0 spiro atoms. The quantitative estimate of drug-likeness (QED) is 0.359. The van der Waals surface area contributed by atoms with Gasteiger partial charge in [-0.25, -0.2) is 8.42 Å². The number of nitrogens with one attached hydrogen (secondary N) is 1. The van der Waals surface area contributed by atoms with Gasteiger partial charge in [-0.05, 0) is 60.1 Å². The number of sulfone groups is 1. The van der Waals surface area contributed by atoms with Crippen molar-refractivity contribution in [3.8, 4) is 17.2 Å². The fourth-order valence-corrected chi connectivity index (χ4v) is 5.16. The molecule has 3 rings (SSSR count). The second-order valence-electron chi connectivity index (χ2n) is 8.40. The van der Waals surface area contributed by atoms with Crippen molar-refractivity contribution in [2.24, 2.45) is 0 Å². The first-order chi connectivity index (χ1) is 17.0. The lowest BCUT2D eigenvalue weighted by Gasteiger charge is -2.19. The van der Waals surface area contributed by atoms with E-state index < -0.39 is 9.84 Å². The minimum absolute atomic E-state index is 0.0561. The van der Waals surface area contributed by atoms with Gasteiger partial charge in [0.1, 0.15) is 0 Å². The Morgan fingerprint density at radius 3 is 2.14 bits per heavy atom. The van der Waals surface area contributed by atoms with E-state index in [1.54, 1.807) is 30.3 Å². The van der Waals surface area contributed by atoms with E-state index in [0.717, 1.165) is 24.9 Å². The Morgan fingerprint density at radius 1 is 1.00 bits per heavy atom. The van der Waals surface area contributed by atoms with Gasteiger partial charge in [-0.1, -0.05) is 61.3 Å². The maximum absolute atomic E-state index is 12.5. The first kappa shape index (κ1) is 27.7. The van der Waals surface area contributed by atoms with Crippen LogP contribution in [0.25, 0.3) is 11.1 Å². The van der Waals surface area contributed by atoms with Crippen LogP contribution in [0.3, 0.4) is 0 Å². The number of rotatable bonds is 9. The number of carbonyl (C=O) groups excluding carboxylic acids is 1. The van der Waals surface area contributed by atoms with Gasteiger partial charge in [-0.15, -0.1) is 0 Å². The number of amides is 1. The summed E-state index contributed by atoms with van der Waals surface area (Å²) in [6.07, 6.45) is 1.19. The van der Waals surface area contributed by atoms with Crippen LogP contribution in [0.1, 0.15) is 30.5 Å². The Bertz CT molecular complexity index is 1390. The second-order valence-corrected chi connectivity index (χ2v) is 11.2. The highest BCUT2D eigenvalue weighted by atomic mass is 35.5. The van der Waals surface area contributed by atoms with Crippen molar-refractivity contribution in [1.29, 1.82) is 5.26 Å². The Kier molecular flexibility index (Phi) is 9.15. The zero-order chi connectivity index (χ0) is 26.5. The molecule has 0 radical (unpaired) electrons. The third-order valence-corrected chi connectivity index (χ3v) is 7.57. The van der Waals surface area contributed by atoms with E-state index in [0.29, 0.717) is 44.5 Å². The molecule has 0 aliphatic heterocycles. The molecule has 3 aromatic carbocycles. The normalized spacial score (nSPS) is 11.4. The predicted octanol–water partition coefficient (Wildman–Crippen LogP) is 5.96. The third kappa shape index (κ3) is 6.86. The van der Waals surface area contributed by atoms with Crippen molar-refractivity contribution >= 4 is 44.6 Å². The second kappa shape index (κ2) is 11.9. The summed E-state index contributed by atoms with van der Waals surface area (Å²) in [5.74, 6) is -0.297. The monoisotopic (exact) mass is 543 g/mol. The van der Waals surface area contributed by atoms with E-state index in [9.17, 15) is 18.5 Å². The van der Waals surface area contributed by atoms with Crippen molar-refractivity contribution in [2.45, 2.75) is 31.7 Å². The van der Waals surface area contributed by atoms with Crippen molar-refractivity contribution in [3.05, 3.63) is 81.3 Å². The first-order valence-corrected chi connectivity index (χ1v) is 14.0. The molecular weight excluding hydrogens is 517 g/mol. The predicted molar refractivity (Wildman–Crippen MR) is 145 cm³/mol. The van der Waals surface area contributed by atoms with Crippen LogP contribution in [-0.4, -0.2) is 38.6 Å². The average molecular weight is 545 g/mol. The van der Waals surface area contributed by atoms with Crippen LogP contribution in [0.15, 0.2) is 59.5 Å². The highest BCUT2D eigenvalue weighted by molar-refractivity contribution is 7.90. The molecule has 188 valence electrons. The van der Waals surface area contributed by atoms with Gasteiger partial charge in [0.2, 0.25) is 5.91 Å². The Labute approximate surface area is 222 Å². The van der Waals surface area contributed by atoms with E-state index in [2.05, 4.69) is 30.1 Å². The Balaban J connectivity index is 1.79. The highest BCUT2D eigenvalue weighted by Crippen LogP contribution is 2.38. The molecule has 0 fully saturated rings. The van der Waals surface area contributed by atoms with Crippen LogP contribution in [0.2, 0.25) is 10.0 Å². The number of hydrogen-bond donors (Lipinski definition) is 1. The summed E-state index contributed by atoms with van der Waals surface area (Å²) in [7, 11) is -3.30. The number of anilines is 1. The zero-order valence-corrected chi connectivity index (χ0v) is 22.6. The fraction of sp³-hybridized carbons (Fsp3) is 0.259. The van der Waals surface area contributed by atoms with Crippen LogP contribution < -0.4 is 5.32 Å². The van der Waals surface area contributed by atoms with E-state index in [-0.39, 0.29) is 17.2 Å². The van der Waals surface area contributed by atoms with Crippen LogP contribution in [-0.2, 0) is 27.6 Å². The molecule has 6 nitrogen and oxygen atoms in total. The Morgan fingerprint density at radius 2 is 1.61 bits per heavy atom. The molecule has 0 aromatic heterocycles. The smallest absolute Gasteiger partial charge is 0.228 e. The van der Waals surface area contributed by atoms with Crippen LogP contribution >= 0.6 is 23.2 Å². The topological polar surface area (TPSA) is 90.3 Å². The number of benzene rings is 3. The summed E-state index contributed by atoms with van der Waals surface area (Å²) in [5.41, 5.74) is 3.90. The zero-order valence-electron chi connectivity index (χ0n) is 20.3. The van der Waals surface area contributed by atoms with Gasteiger partial charge in [-0.3, -0.25) is 9.69 Å². The van der Waals surface area contributed by atoms with Crippen molar-refractivity contribution in [1.82, 2.24) is 4.90 Å². The van der Waals surface area contributed by atoms with E-state index in [4.69, 9.17) is 23.2 Å². The van der Waals surface area contributed by atoms with Crippen LogP contribution in [0.5, 0.6) is 0 Å². The summed E-state index contributed by atoms with van der Waals surface area (Å²) in [6.45, 7) is 6.62. The number of carbonyl (C=O) groups is 1. The molecule has 0 saturated heterocycles. The largest absolute Gasteiger partial charge is 0.326 e. The summed E-state index contributed by atoms with van der Waals surface area (Å²) >= 11 is 13.1. The molecule has 0 unspecified atom stereocenters. The number of hydrogen-bond acceptors (Lipinski definition) is 5. The van der Waals surface area contributed by atoms with Gasteiger partial charge in [0.25, 0.3) is 0 Å². The summed E-state index contributed by atoms with van der Waals surface area (Å²) < 4.78 is 23.2. The molecular formula is C27H27Cl2N3O3S. The number of nitrogens with zero attached hydrogens (tertiary/aromatic N) is 2. The standard InChI is InChI=1S/C27H27Cl2N3O3S/c1-4-32(5-2)17-20-9-8-19(13-21(20)16-30)27-24(28)14-22(15-25(27)29)31-26(33)12-18-6-10-23(11-7-18)36(3,34)35/h6-11,13-15H,4-5,12,17H2,1-3H3,(H,31,33). The van der Waals surface area contributed by atoms with Gasteiger partial charge in [0.05, 0.1) is 33.0 Å². The molecule has 36 heavy (non-hydrogen) atoms. The van der Waals surface area contributed by atoms with E-state index in [1.807, 2.05) is 12.1 Å². The molecule has 0 heterocycles.